The lowest BCUT2D eigenvalue weighted by atomic mass is 10.1. The predicted molar refractivity (Wildman–Crippen MR) is 68.0 cm³/mol. The molecule has 0 saturated carbocycles. The minimum absolute atomic E-state index is 0.000702. The minimum Gasteiger partial charge on any atom is -0.384 e. The molecule has 0 aliphatic carbocycles. The van der Waals surface area contributed by atoms with E-state index in [1.54, 1.807) is 0 Å². The molecule has 0 bridgehead atoms. The van der Waals surface area contributed by atoms with Crippen molar-refractivity contribution in [3.63, 3.8) is 0 Å². The normalized spacial score (nSPS) is 12.3. The van der Waals surface area contributed by atoms with Crippen LogP contribution < -0.4 is 5.32 Å². The molecular weight excluding hydrogens is 290 g/mol. The van der Waals surface area contributed by atoms with Crippen LogP contribution in [0.2, 0.25) is 0 Å². The Morgan fingerprint density at radius 1 is 1.43 bits per heavy atom. The highest BCUT2D eigenvalue weighted by molar-refractivity contribution is 5.96. The Morgan fingerprint density at radius 3 is 2.67 bits per heavy atom. The van der Waals surface area contributed by atoms with Gasteiger partial charge in [0.15, 0.2) is 0 Å². The van der Waals surface area contributed by atoms with Crippen molar-refractivity contribution in [3.8, 4) is 11.8 Å². The molecule has 0 aliphatic rings. The summed E-state index contributed by atoms with van der Waals surface area (Å²) in [5.41, 5.74) is -0.0490. The van der Waals surface area contributed by atoms with Crippen molar-refractivity contribution in [2.45, 2.75) is 25.6 Å². The Balaban J connectivity index is 2.92. The van der Waals surface area contributed by atoms with Gasteiger partial charge in [0.05, 0.1) is 12.0 Å². The zero-order valence-electron chi connectivity index (χ0n) is 11.1. The topological polar surface area (TPSA) is 49.3 Å². The fourth-order valence-electron chi connectivity index (χ4n) is 1.65. The molecule has 7 heteroatoms. The van der Waals surface area contributed by atoms with Crippen molar-refractivity contribution in [1.82, 2.24) is 5.32 Å². The molecule has 2 N–H and O–H groups in total. The number of hydrogen-bond acceptors (Lipinski definition) is 2. The molecule has 0 spiro atoms. The first-order valence-corrected chi connectivity index (χ1v) is 6.00. The van der Waals surface area contributed by atoms with Crippen LogP contribution in [0.15, 0.2) is 18.2 Å². The molecule has 0 fully saturated rings. The van der Waals surface area contributed by atoms with E-state index in [0.717, 1.165) is 18.2 Å². The molecule has 0 heterocycles. The highest BCUT2D eigenvalue weighted by Gasteiger charge is 2.30. The lowest BCUT2D eigenvalue weighted by molar-refractivity contribution is -0.138. The van der Waals surface area contributed by atoms with Gasteiger partial charge in [-0.2, -0.15) is 13.2 Å². The number of amides is 1. The van der Waals surface area contributed by atoms with Crippen molar-refractivity contribution >= 4 is 5.91 Å². The summed E-state index contributed by atoms with van der Waals surface area (Å²) in [6.45, 7) is 0.732. The van der Waals surface area contributed by atoms with E-state index in [9.17, 15) is 22.4 Å². The van der Waals surface area contributed by atoms with E-state index >= 15 is 0 Å². The van der Waals surface area contributed by atoms with Gasteiger partial charge in [-0.15, -0.1) is 0 Å². The summed E-state index contributed by atoms with van der Waals surface area (Å²) in [5, 5.41) is 10.8. The fourth-order valence-corrected chi connectivity index (χ4v) is 1.65. The number of aliphatic hydroxyl groups is 1. The van der Waals surface area contributed by atoms with E-state index < -0.39 is 37.0 Å². The number of hydrogen-bond donors (Lipinski definition) is 2. The first kappa shape index (κ1) is 17.0. The molecule has 0 saturated heterocycles. The van der Waals surface area contributed by atoms with E-state index in [2.05, 4.69) is 17.2 Å². The number of aliphatic hydroxyl groups excluding tert-OH is 1. The number of benzene rings is 1. The van der Waals surface area contributed by atoms with Gasteiger partial charge in [0.2, 0.25) is 0 Å². The third kappa shape index (κ3) is 5.83. The number of carbonyl (C=O) groups excluding carboxylic acids is 1. The Kier molecular flexibility index (Phi) is 5.73. The number of alkyl halides is 3. The van der Waals surface area contributed by atoms with E-state index in [-0.39, 0.29) is 11.1 Å². The Morgan fingerprint density at radius 2 is 2.10 bits per heavy atom. The molecular formula is C14H13F4NO2. The SMILES string of the molecule is CC(CC(F)(F)F)NC(=O)c1ccc(F)cc1C#CCO. The zero-order valence-corrected chi connectivity index (χ0v) is 11.1. The van der Waals surface area contributed by atoms with Gasteiger partial charge in [-0.1, -0.05) is 11.8 Å². The van der Waals surface area contributed by atoms with Crippen molar-refractivity contribution in [2.24, 2.45) is 0 Å². The second-order valence-corrected chi connectivity index (χ2v) is 4.34. The van der Waals surface area contributed by atoms with Crippen LogP contribution in [-0.4, -0.2) is 29.8 Å². The van der Waals surface area contributed by atoms with Gasteiger partial charge in [-0.05, 0) is 25.1 Å². The summed E-state index contributed by atoms with van der Waals surface area (Å²) in [6.07, 6.45) is -5.56. The second kappa shape index (κ2) is 7.09. The van der Waals surface area contributed by atoms with Crippen LogP contribution >= 0.6 is 0 Å². The summed E-state index contributed by atoms with van der Waals surface area (Å²) in [4.78, 5) is 11.9. The number of nitrogens with one attached hydrogen (secondary N) is 1. The Bertz CT molecular complexity index is 573. The summed E-state index contributed by atoms with van der Waals surface area (Å²) < 4.78 is 49.7. The molecule has 1 rings (SSSR count). The van der Waals surface area contributed by atoms with Crippen molar-refractivity contribution in [2.75, 3.05) is 6.61 Å². The molecule has 0 radical (unpaired) electrons. The molecule has 1 aromatic carbocycles. The lowest BCUT2D eigenvalue weighted by Gasteiger charge is -2.16. The van der Waals surface area contributed by atoms with Crippen LogP contribution in [0.1, 0.15) is 29.3 Å². The predicted octanol–water partition coefficient (Wildman–Crippen LogP) is 2.24. The summed E-state index contributed by atoms with van der Waals surface area (Å²) in [6, 6.07) is 1.99. The van der Waals surface area contributed by atoms with Crippen LogP contribution in [0.4, 0.5) is 17.6 Å². The second-order valence-electron chi connectivity index (χ2n) is 4.34. The van der Waals surface area contributed by atoms with Gasteiger partial charge in [0, 0.05) is 11.6 Å². The number of carbonyl (C=O) groups is 1. The van der Waals surface area contributed by atoms with E-state index in [1.165, 1.54) is 6.92 Å². The summed E-state index contributed by atoms with van der Waals surface area (Å²) in [5.74, 6) is 3.22. The van der Waals surface area contributed by atoms with E-state index in [1.807, 2.05) is 0 Å². The van der Waals surface area contributed by atoms with Crippen LogP contribution in [0, 0.1) is 17.7 Å². The van der Waals surface area contributed by atoms with Crippen LogP contribution in [0.25, 0.3) is 0 Å². The summed E-state index contributed by atoms with van der Waals surface area (Å²) >= 11 is 0. The van der Waals surface area contributed by atoms with Crippen LogP contribution in [0.3, 0.4) is 0 Å². The zero-order chi connectivity index (χ0) is 16.0. The maximum atomic E-state index is 13.1. The maximum absolute atomic E-state index is 13.1. The lowest BCUT2D eigenvalue weighted by Crippen LogP contribution is -2.36. The van der Waals surface area contributed by atoms with Gasteiger partial charge in [0.25, 0.3) is 5.91 Å². The summed E-state index contributed by atoms with van der Waals surface area (Å²) in [7, 11) is 0. The molecule has 1 amide bonds. The van der Waals surface area contributed by atoms with Crippen molar-refractivity contribution in [1.29, 1.82) is 0 Å². The standard InChI is InChI=1S/C14H13F4NO2/c1-9(8-14(16,17)18)19-13(21)12-5-4-11(15)7-10(12)3-2-6-20/h4-5,7,9,20H,6,8H2,1H3,(H,19,21). The largest absolute Gasteiger partial charge is 0.391 e. The van der Waals surface area contributed by atoms with Gasteiger partial charge in [-0.3, -0.25) is 4.79 Å². The first-order valence-electron chi connectivity index (χ1n) is 6.00. The van der Waals surface area contributed by atoms with Crippen LogP contribution in [0.5, 0.6) is 0 Å². The quantitative estimate of drug-likeness (QED) is 0.664. The van der Waals surface area contributed by atoms with Gasteiger partial charge in [-0.25, -0.2) is 4.39 Å². The molecule has 3 nitrogen and oxygen atoms in total. The molecule has 1 unspecified atom stereocenters. The molecule has 0 aliphatic heterocycles. The van der Waals surface area contributed by atoms with Crippen molar-refractivity contribution < 1.29 is 27.5 Å². The smallest absolute Gasteiger partial charge is 0.384 e. The van der Waals surface area contributed by atoms with Crippen molar-refractivity contribution in [3.05, 3.63) is 35.1 Å². The highest BCUT2D eigenvalue weighted by atomic mass is 19.4. The molecule has 21 heavy (non-hydrogen) atoms. The minimum atomic E-state index is -4.39. The third-order valence-electron chi connectivity index (χ3n) is 2.44. The number of halogens is 4. The highest BCUT2D eigenvalue weighted by Crippen LogP contribution is 2.21. The molecule has 114 valence electrons. The van der Waals surface area contributed by atoms with Crippen LogP contribution in [-0.2, 0) is 0 Å². The average molecular weight is 303 g/mol. The molecule has 1 aromatic rings. The van der Waals surface area contributed by atoms with E-state index in [4.69, 9.17) is 5.11 Å². The van der Waals surface area contributed by atoms with Gasteiger partial charge >= 0.3 is 6.18 Å². The van der Waals surface area contributed by atoms with Gasteiger partial charge in [0.1, 0.15) is 12.4 Å². The first-order chi connectivity index (χ1) is 9.73. The van der Waals surface area contributed by atoms with Gasteiger partial charge < -0.3 is 10.4 Å². The monoisotopic (exact) mass is 303 g/mol. The maximum Gasteiger partial charge on any atom is 0.391 e. The molecule has 0 aromatic heterocycles. The Hall–Kier alpha value is -2.07. The third-order valence-corrected chi connectivity index (χ3v) is 2.44. The fraction of sp³-hybridized carbons (Fsp3) is 0.357. The average Bonchev–Trinajstić information content (AvgIpc) is 2.33. The number of rotatable bonds is 3. The van der Waals surface area contributed by atoms with E-state index in [0.29, 0.717) is 0 Å². The molecule has 1 atom stereocenters. The Labute approximate surface area is 119 Å².